The number of nitrogens with two attached hydrogens (primary N) is 1. The summed E-state index contributed by atoms with van der Waals surface area (Å²) in [7, 11) is -1.88. The van der Waals surface area contributed by atoms with Crippen LogP contribution in [0.1, 0.15) is 15.9 Å². The number of nitrogens with one attached hydrogen (secondary N) is 1. The lowest BCUT2D eigenvalue weighted by atomic mass is 9.75. The Morgan fingerprint density at radius 2 is 2.00 bits per heavy atom. The van der Waals surface area contributed by atoms with Gasteiger partial charge in [0.2, 0.25) is 5.91 Å². The maximum absolute atomic E-state index is 11.2. The average molecular weight is 282 g/mol. The van der Waals surface area contributed by atoms with Gasteiger partial charge >= 0.3 is 13.1 Å². The van der Waals surface area contributed by atoms with Crippen molar-refractivity contribution < 1.29 is 29.9 Å². The topological polar surface area (TPSA) is 153 Å². The van der Waals surface area contributed by atoms with Gasteiger partial charge in [-0.1, -0.05) is 12.1 Å². The van der Waals surface area contributed by atoms with E-state index < -0.39 is 30.7 Å². The minimum Gasteiger partial charge on any atom is -0.507 e. The van der Waals surface area contributed by atoms with E-state index in [0.29, 0.717) is 0 Å². The number of carbonyl (C=O) groups excluding carboxylic acids is 1. The molecule has 0 aromatic heterocycles. The first kappa shape index (κ1) is 16.0. The molecule has 0 radical (unpaired) electrons. The molecule has 7 N–H and O–H groups in total. The fourth-order valence-corrected chi connectivity index (χ4v) is 1.66. The van der Waals surface area contributed by atoms with Crippen LogP contribution >= 0.6 is 0 Å². The average Bonchev–Trinajstić information content (AvgIpc) is 2.39. The third-order valence-electron chi connectivity index (χ3n) is 2.68. The number of hydrogen-bond donors (Lipinski definition) is 6. The van der Waals surface area contributed by atoms with Crippen LogP contribution in [0, 0.1) is 0 Å². The maximum Gasteiger partial charge on any atom is 0.475 e. The quantitative estimate of drug-likeness (QED) is 0.333. The van der Waals surface area contributed by atoms with Crippen LogP contribution in [-0.4, -0.2) is 51.7 Å². The first-order chi connectivity index (χ1) is 9.36. The minimum atomic E-state index is -1.88. The Hall–Kier alpha value is -2.10. The van der Waals surface area contributed by atoms with E-state index in [1.807, 2.05) is 0 Å². The second-order valence-electron chi connectivity index (χ2n) is 4.11. The standard InChI is InChI=1S/C11H15BN2O6/c13-5-9(15)14-8(12(19)20)4-6-2-1-3-7(10(6)16)11(17)18/h1-3,8,16,19-20H,4-5,13H2,(H,14,15)(H,17,18). The molecule has 1 unspecified atom stereocenters. The molecular weight excluding hydrogens is 267 g/mol. The first-order valence-corrected chi connectivity index (χ1v) is 5.76. The van der Waals surface area contributed by atoms with Gasteiger partial charge in [-0.05, 0) is 18.1 Å². The van der Waals surface area contributed by atoms with E-state index in [4.69, 9.17) is 10.8 Å². The Labute approximate surface area is 115 Å². The Balaban J connectivity index is 2.97. The number of amides is 1. The summed E-state index contributed by atoms with van der Waals surface area (Å²) in [6.07, 6.45) is -0.156. The number of carbonyl (C=O) groups is 2. The largest absolute Gasteiger partial charge is 0.507 e. The predicted octanol–water partition coefficient (Wildman–Crippen LogP) is -1.91. The zero-order valence-electron chi connectivity index (χ0n) is 10.5. The maximum atomic E-state index is 11.2. The second-order valence-corrected chi connectivity index (χ2v) is 4.11. The number of hydrogen-bond acceptors (Lipinski definition) is 6. The third kappa shape index (κ3) is 3.95. The van der Waals surface area contributed by atoms with Crippen molar-refractivity contribution >= 4 is 19.0 Å². The Morgan fingerprint density at radius 1 is 1.35 bits per heavy atom. The number of aromatic hydroxyl groups is 1. The van der Waals surface area contributed by atoms with Gasteiger partial charge in [0.15, 0.2) is 0 Å². The molecule has 0 saturated heterocycles. The van der Waals surface area contributed by atoms with Crippen molar-refractivity contribution in [2.75, 3.05) is 6.54 Å². The fraction of sp³-hybridized carbons (Fsp3) is 0.273. The van der Waals surface area contributed by atoms with Gasteiger partial charge < -0.3 is 31.3 Å². The zero-order chi connectivity index (χ0) is 15.3. The molecule has 0 saturated carbocycles. The first-order valence-electron chi connectivity index (χ1n) is 5.76. The highest BCUT2D eigenvalue weighted by Crippen LogP contribution is 2.23. The van der Waals surface area contributed by atoms with Gasteiger partial charge in [0, 0.05) is 0 Å². The highest BCUT2D eigenvalue weighted by atomic mass is 16.4. The highest BCUT2D eigenvalue weighted by molar-refractivity contribution is 6.43. The van der Waals surface area contributed by atoms with Gasteiger partial charge in [-0.15, -0.1) is 0 Å². The molecular formula is C11H15BN2O6. The molecule has 1 aromatic rings. The normalized spacial score (nSPS) is 11.8. The minimum absolute atomic E-state index is 0.156. The number of phenols is 1. The number of carboxylic acids is 1. The summed E-state index contributed by atoms with van der Waals surface area (Å²) in [4.78, 5) is 22.0. The molecule has 0 fully saturated rings. The molecule has 0 bridgehead atoms. The van der Waals surface area contributed by atoms with Gasteiger partial charge in [0.1, 0.15) is 11.3 Å². The summed E-state index contributed by atoms with van der Waals surface area (Å²) in [6, 6.07) is 4.04. The van der Waals surface area contributed by atoms with Gasteiger partial charge in [0.25, 0.3) is 0 Å². The zero-order valence-corrected chi connectivity index (χ0v) is 10.5. The lowest BCUT2D eigenvalue weighted by molar-refractivity contribution is -0.120. The van der Waals surface area contributed by atoms with Gasteiger partial charge in [-0.3, -0.25) is 4.79 Å². The van der Waals surface area contributed by atoms with Crippen molar-refractivity contribution in [3.63, 3.8) is 0 Å². The van der Waals surface area contributed by atoms with Crippen LogP contribution in [0.2, 0.25) is 0 Å². The summed E-state index contributed by atoms with van der Waals surface area (Å²) >= 11 is 0. The van der Waals surface area contributed by atoms with E-state index in [1.165, 1.54) is 18.2 Å². The molecule has 0 heterocycles. The van der Waals surface area contributed by atoms with Crippen LogP contribution in [0.5, 0.6) is 5.75 Å². The van der Waals surface area contributed by atoms with E-state index in [1.54, 1.807) is 0 Å². The van der Waals surface area contributed by atoms with E-state index in [-0.39, 0.29) is 24.1 Å². The van der Waals surface area contributed by atoms with Gasteiger partial charge in [-0.2, -0.15) is 0 Å². The van der Waals surface area contributed by atoms with Crippen molar-refractivity contribution in [3.8, 4) is 5.75 Å². The van der Waals surface area contributed by atoms with Crippen LogP contribution in [0.25, 0.3) is 0 Å². The molecule has 1 rings (SSSR count). The lowest BCUT2D eigenvalue weighted by Gasteiger charge is -2.18. The Bertz CT molecular complexity index is 508. The molecule has 0 aliphatic carbocycles. The molecule has 8 nitrogen and oxygen atoms in total. The van der Waals surface area contributed by atoms with Crippen LogP contribution in [0.15, 0.2) is 18.2 Å². The molecule has 20 heavy (non-hydrogen) atoms. The number of rotatable bonds is 6. The number of aromatic carboxylic acids is 1. The van der Waals surface area contributed by atoms with Crippen LogP contribution in [0.3, 0.4) is 0 Å². The summed E-state index contributed by atoms with van der Waals surface area (Å²) in [6.45, 7) is -0.329. The highest BCUT2D eigenvalue weighted by Gasteiger charge is 2.27. The van der Waals surface area contributed by atoms with Crippen LogP contribution < -0.4 is 11.1 Å². The predicted molar refractivity (Wildman–Crippen MR) is 69.9 cm³/mol. The number of benzene rings is 1. The fourth-order valence-electron chi connectivity index (χ4n) is 1.66. The van der Waals surface area contributed by atoms with Crippen LogP contribution in [0.4, 0.5) is 0 Å². The van der Waals surface area contributed by atoms with Crippen LogP contribution in [-0.2, 0) is 11.2 Å². The Morgan fingerprint density at radius 3 is 2.50 bits per heavy atom. The lowest BCUT2D eigenvalue weighted by Crippen LogP contribution is -2.49. The molecule has 9 heteroatoms. The molecule has 1 atom stereocenters. The molecule has 108 valence electrons. The van der Waals surface area contributed by atoms with E-state index in [2.05, 4.69) is 5.32 Å². The molecule has 1 aromatic carbocycles. The monoisotopic (exact) mass is 282 g/mol. The summed E-state index contributed by atoms with van der Waals surface area (Å²) < 4.78 is 0. The molecule has 0 spiro atoms. The molecule has 0 aliphatic heterocycles. The molecule has 1 amide bonds. The van der Waals surface area contributed by atoms with E-state index in [9.17, 15) is 24.7 Å². The third-order valence-corrected chi connectivity index (χ3v) is 2.68. The summed E-state index contributed by atoms with van der Waals surface area (Å²) in [5, 5.41) is 39.3. The SMILES string of the molecule is NCC(=O)NC(Cc1cccc(C(=O)O)c1O)B(O)O. The Kier molecular flexibility index (Phi) is 5.50. The smallest absolute Gasteiger partial charge is 0.475 e. The van der Waals surface area contributed by atoms with Crippen molar-refractivity contribution in [3.05, 3.63) is 29.3 Å². The van der Waals surface area contributed by atoms with E-state index in [0.717, 1.165) is 0 Å². The number of para-hydroxylation sites is 1. The summed E-state index contributed by atoms with van der Waals surface area (Å²) in [5.41, 5.74) is 4.97. The van der Waals surface area contributed by atoms with Gasteiger partial charge in [0.05, 0.1) is 12.5 Å². The van der Waals surface area contributed by atoms with Crippen molar-refractivity contribution in [1.29, 1.82) is 0 Å². The van der Waals surface area contributed by atoms with Crippen molar-refractivity contribution in [2.45, 2.75) is 12.4 Å². The van der Waals surface area contributed by atoms with Crippen molar-refractivity contribution in [1.82, 2.24) is 5.32 Å². The molecule has 0 aliphatic rings. The van der Waals surface area contributed by atoms with Crippen molar-refractivity contribution in [2.24, 2.45) is 5.73 Å². The van der Waals surface area contributed by atoms with Gasteiger partial charge in [-0.25, -0.2) is 4.79 Å². The van der Waals surface area contributed by atoms with E-state index >= 15 is 0 Å². The summed E-state index contributed by atoms with van der Waals surface area (Å²) in [5.74, 6) is -3.50. The number of carboxylic acid groups (broad SMARTS) is 1. The second kappa shape index (κ2) is 6.89.